The Kier molecular flexibility index (Phi) is 5.10. The number of nitrogens with two attached hydrogens (primary N) is 1. The summed E-state index contributed by atoms with van der Waals surface area (Å²) in [6.07, 6.45) is 8.96. The molecule has 8 nitrogen and oxygen atoms in total. The number of nitrogens with one attached hydrogen (secondary N) is 2. The maximum absolute atomic E-state index is 12.7. The number of carbonyl (C=O) groups excluding carboxylic acids is 1. The number of fused-ring (bicyclic) bond motifs is 1. The van der Waals surface area contributed by atoms with Gasteiger partial charge in [0.05, 0.1) is 12.2 Å². The Morgan fingerprint density at radius 1 is 1.09 bits per heavy atom. The van der Waals surface area contributed by atoms with Gasteiger partial charge in [-0.05, 0) is 66.5 Å². The van der Waals surface area contributed by atoms with Crippen molar-refractivity contribution in [3.63, 3.8) is 0 Å². The highest BCUT2D eigenvalue weighted by atomic mass is 35.5. The Balaban J connectivity index is 1.08. The number of hydrogen-bond donors (Lipinski definition) is 3. The van der Waals surface area contributed by atoms with Gasteiger partial charge < -0.3 is 20.8 Å². The zero-order chi connectivity index (χ0) is 23.2. The lowest BCUT2D eigenvalue weighted by Crippen LogP contribution is -2.16. The number of amides is 1. The van der Waals surface area contributed by atoms with Crippen LogP contribution >= 0.6 is 11.6 Å². The number of carbonyl (C=O) groups is 1. The van der Waals surface area contributed by atoms with E-state index in [0.29, 0.717) is 34.8 Å². The van der Waals surface area contributed by atoms with Crippen molar-refractivity contribution < 1.29 is 4.79 Å². The number of hydrogen-bond acceptors (Lipinski definition) is 6. The minimum atomic E-state index is -0.122. The maximum atomic E-state index is 12.7. The first-order chi connectivity index (χ1) is 16.5. The monoisotopic (exact) mass is 473 g/mol. The fraction of sp³-hybridized carbons (Fsp3) is 0.280. The number of nitrogens with zero attached hydrogens (tertiary/aromatic N) is 4. The van der Waals surface area contributed by atoms with Crippen molar-refractivity contribution >= 4 is 40.5 Å². The number of rotatable bonds is 7. The van der Waals surface area contributed by atoms with E-state index in [1.165, 1.54) is 24.7 Å². The quantitative estimate of drug-likeness (QED) is 0.338. The summed E-state index contributed by atoms with van der Waals surface area (Å²) in [7, 11) is 0. The van der Waals surface area contributed by atoms with Crippen LogP contribution in [-0.2, 0) is 11.3 Å². The molecule has 4 N–H and O–H groups in total. The second-order valence-electron chi connectivity index (χ2n) is 9.13. The van der Waals surface area contributed by atoms with Crippen molar-refractivity contribution in [1.82, 2.24) is 19.4 Å². The van der Waals surface area contributed by atoms with Gasteiger partial charge in [-0.15, -0.1) is 0 Å². The van der Waals surface area contributed by atoms with Gasteiger partial charge in [-0.25, -0.2) is 15.0 Å². The number of pyridine rings is 1. The van der Waals surface area contributed by atoms with E-state index in [2.05, 4.69) is 48.3 Å². The molecule has 9 heteroatoms. The number of nitrogen functional groups attached to an aromatic ring is 1. The Morgan fingerprint density at radius 2 is 1.94 bits per heavy atom. The Morgan fingerprint density at radius 3 is 2.76 bits per heavy atom. The minimum Gasteiger partial charge on any atom is -0.399 e. The first kappa shape index (κ1) is 20.9. The lowest BCUT2D eigenvalue weighted by atomic mass is 10.1. The highest BCUT2D eigenvalue weighted by Gasteiger charge is 2.44. The molecule has 6 rings (SSSR count). The molecule has 172 valence electrons. The van der Waals surface area contributed by atoms with Crippen molar-refractivity contribution in [2.45, 2.75) is 37.6 Å². The SMILES string of the molecule is Nc1cc(Cl)cc(C2C[C@H]2C(=O)Nc2cc(NCc3cn4cc(C5CC5)ccc4n3)ncn2)c1. The molecule has 0 spiro atoms. The largest absolute Gasteiger partial charge is 0.399 e. The van der Waals surface area contributed by atoms with Gasteiger partial charge >= 0.3 is 0 Å². The molecule has 1 unspecified atom stereocenters. The zero-order valence-corrected chi connectivity index (χ0v) is 19.2. The molecule has 4 aromatic rings. The van der Waals surface area contributed by atoms with Gasteiger partial charge in [-0.3, -0.25) is 4.79 Å². The van der Waals surface area contributed by atoms with Crippen LogP contribution in [-0.4, -0.2) is 25.3 Å². The van der Waals surface area contributed by atoms with Gasteiger partial charge in [0.25, 0.3) is 0 Å². The predicted octanol–water partition coefficient (Wildman–Crippen LogP) is 4.59. The van der Waals surface area contributed by atoms with E-state index in [0.717, 1.165) is 23.3 Å². The van der Waals surface area contributed by atoms with Crippen LogP contribution in [0.25, 0.3) is 5.65 Å². The van der Waals surface area contributed by atoms with Crippen LogP contribution in [0.2, 0.25) is 5.02 Å². The molecule has 3 aromatic heterocycles. The summed E-state index contributed by atoms with van der Waals surface area (Å²) in [4.78, 5) is 25.9. The van der Waals surface area contributed by atoms with Crippen LogP contribution in [0.3, 0.4) is 0 Å². The zero-order valence-electron chi connectivity index (χ0n) is 18.4. The molecule has 2 aliphatic rings. The maximum Gasteiger partial charge on any atom is 0.229 e. The molecule has 2 aliphatic carbocycles. The van der Waals surface area contributed by atoms with Crippen molar-refractivity contribution in [2.24, 2.45) is 5.92 Å². The van der Waals surface area contributed by atoms with Crippen LogP contribution in [0.5, 0.6) is 0 Å². The Bertz CT molecular complexity index is 1380. The van der Waals surface area contributed by atoms with Gasteiger partial charge in [0.1, 0.15) is 23.6 Å². The summed E-state index contributed by atoms with van der Waals surface area (Å²) in [6.45, 7) is 0.520. The summed E-state index contributed by atoms with van der Waals surface area (Å²) < 4.78 is 2.08. The fourth-order valence-electron chi connectivity index (χ4n) is 4.43. The van der Waals surface area contributed by atoms with E-state index in [9.17, 15) is 4.79 Å². The molecule has 34 heavy (non-hydrogen) atoms. The van der Waals surface area contributed by atoms with Crippen molar-refractivity contribution in [3.8, 4) is 0 Å². The number of benzene rings is 1. The first-order valence-corrected chi connectivity index (χ1v) is 11.8. The molecular formula is C25H24ClN7O. The number of imidazole rings is 1. The van der Waals surface area contributed by atoms with E-state index < -0.39 is 0 Å². The van der Waals surface area contributed by atoms with Crippen LogP contribution < -0.4 is 16.4 Å². The molecular weight excluding hydrogens is 450 g/mol. The third-order valence-corrected chi connectivity index (χ3v) is 6.66. The molecule has 0 saturated heterocycles. The summed E-state index contributed by atoms with van der Waals surface area (Å²) in [6, 6.07) is 11.4. The third kappa shape index (κ3) is 4.41. The van der Waals surface area contributed by atoms with Crippen LogP contribution in [0.15, 0.2) is 55.1 Å². The highest BCUT2D eigenvalue weighted by Crippen LogP contribution is 2.49. The second kappa shape index (κ2) is 8.29. The summed E-state index contributed by atoms with van der Waals surface area (Å²) >= 11 is 6.10. The average Bonchev–Trinajstić information content (AvgIpc) is 3.73. The molecule has 0 bridgehead atoms. The first-order valence-electron chi connectivity index (χ1n) is 11.4. The molecule has 2 atom stereocenters. The standard InChI is InChI=1S/C25H24ClN7O/c26-17-5-16(6-18(27)7-17)20-8-21(20)25(34)32-23-9-22(29-13-30-23)28-10-19-12-33-11-15(14-1-2-14)3-4-24(33)31-19/h3-7,9,11-14,20-21H,1-2,8,10,27H2,(H2,28,29,30,32,34)/t20?,21-/m1/s1. The van der Waals surface area contributed by atoms with Crippen molar-refractivity contribution in [3.05, 3.63) is 77.0 Å². The summed E-state index contributed by atoms with van der Waals surface area (Å²) in [5.74, 6) is 1.72. The molecule has 0 radical (unpaired) electrons. The van der Waals surface area contributed by atoms with Gasteiger partial charge in [0.2, 0.25) is 5.91 Å². The lowest BCUT2D eigenvalue weighted by molar-refractivity contribution is -0.117. The number of halogens is 1. The van der Waals surface area contributed by atoms with Gasteiger partial charge in [0, 0.05) is 35.1 Å². The normalized spacial score (nSPS) is 19.2. The molecule has 2 saturated carbocycles. The lowest BCUT2D eigenvalue weighted by Gasteiger charge is -2.07. The Hall–Kier alpha value is -3.65. The average molecular weight is 474 g/mol. The van der Waals surface area contributed by atoms with Crippen molar-refractivity contribution in [1.29, 1.82) is 0 Å². The van der Waals surface area contributed by atoms with E-state index in [1.807, 2.05) is 18.3 Å². The molecule has 1 aromatic carbocycles. The second-order valence-corrected chi connectivity index (χ2v) is 9.57. The molecule has 3 heterocycles. The molecule has 0 aliphatic heterocycles. The van der Waals surface area contributed by atoms with Gasteiger partial charge in [-0.2, -0.15) is 0 Å². The molecule has 1 amide bonds. The van der Waals surface area contributed by atoms with Gasteiger partial charge in [-0.1, -0.05) is 17.7 Å². The summed E-state index contributed by atoms with van der Waals surface area (Å²) in [5, 5.41) is 6.76. The van der Waals surface area contributed by atoms with Crippen LogP contribution in [0.4, 0.5) is 17.3 Å². The van der Waals surface area contributed by atoms with Crippen LogP contribution in [0, 0.1) is 5.92 Å². The fourth-order valence-corrected chi connectivity index (χ4v) is 4.68. The van der Waals surface area contributed by atoms with E-state index in [-0.39, 0.29) is 17.7 Å². The van der Waals surface area contributed by atoms with E-state index in [1.54, 1.807) is 12.1 Å². The molecule has 2 fully saturated rings. The predicted molar refractivity (Wildman–Crippen MR) is 132 cm³/mol. The Labute approximate surface area is 201 Å². The smallest absolute Gasteiger partial charge is 0.229 e. The minimum absolute atomic E-state index is 0.0694. The van der Waals surface area contributed by atoms with Crippen LogP contribution in [0.1, 0.15) is 47.9 Å². The number of aromatic nitrogens is 4. The van der Waals surface area contributed by atoms with E-state index >= 15 is 0 Å². The van der Waals surface area contributed by atoms with Gasteiger partial charge in [0.15, 0.2) is 0 Å². The number of anilines is 3. The van der Waals surface area contributed by atoms with Crippen molar-refractivity contribution in [2.75, 3.05) is 16.4 Å². The summed E-state index contributed by atoms with van der Waals surface area (Å²) in [5.41, 5.74) is 10.7. The highest BCUT2D eigenvalue weighted by molar-refractivity contribution is 6.30. The third-order valence-electron chi connectivity index (χ3n) is 6.44. The topological polar surface area (TPSA) is 110 Å². The van der Waals surface area contributed by atoms with E-state index in [4.69, 9.17) is 17.3 Å².